The Kier molecular flexibility index (Phi) is 5.35. The molecule has 4 unspecified atom stereocenters. The molecule has 0 saturated carbocycles. The number of carboxylic acids is 1. The second-order valence-corrected chi connectivity index (χ2v) is 5.85. The van der Waals surface area contributed by atoms with Crippen LogP contribution in [0.25, 0.3) is 0 Å². The van der Waals surface area contributed by atoms with Crippen LogP contribution in [0.3, 0.4) is 0 Å². The number of carboxylic acid groups (broad SMARTS) is 1. The number of rotatable bonds is 5. The first kappa shape index (κ1) is 16.0. The van der Waals surface area contributed by atoms with Gasteiger partial charge in [-0.05, 0) is 18.8 Å². The molecule has 0 bridgehead atoms. The minimum Gasteiger partial charge on any atom is -0.481 e. The molecule has 1 amide bonds. The van der Waals surface area contributed by atoms with Gasteiger partial charge in [0.05, 0.1) is 18.6 Å². The summed E-state index contributed by atoms with van der Waals surface area (Å²) in [5, 5.41) is 9.36. The van der Waals surface area contributed by atoms with Crippen molar-refractivity contribution in [3.63, 3.8) is 0 Å². The molecule has 0 aromatic rings. The van der Waals surface area contributed by atoms with Crippen LogP contribution in [0, 0.1) is 17.8 Å². The molecule has 1 aliphatic rings. The van der Waals surface area contributed by atoms with Crippen molar-refractivity contribution >= 4 is 11.9 Å². The Morgan fingerprint density at radius 3 is 2.47 bits per heavy atom. The third-order valence-corrected chi connectivity index (χ3v) is 4.11. The van der Waals surface area contributed by atoms with Gasteiger partial charge in [-0.1, -0.05) is 20.8 Å². The van der Waals surface area contributed by atoms with Gasteiger partial charge in [0, 0.05) is 19.6 Å². The number of carbonyl (C=O) groups is 2. The van der Waals surface area contributed by atoms with E-state index in [4.69, 9.17) is 4.74 Å². The predicted molar refractivity (Wildman–Crippen MR) is 71.7 cm³/mol. The zero-order valence-electron chi connectivity index (χ0n) is 12.4. The van der Waals surface area contributed by atoms with Crippen LogP contribution in [-0.4, -0.2) is 47.7 Å². The number of amides is 1. The quantitative estimate of drug-likeness (QED) is 0.825. The summed E-state index contributed by atoms with van der Waals surface area (Å²) in [7, 11) is 1.60. The molecule has 4 atom stereocenters. The van der Waals surface area contributed by atoms with Gasteiger partial charge in [0.2, 0.25) is 5.91 Å². The second-order valence-electron chi connectivity index (χ2n) is 5.85. The Morgan fingerprint density at radius 2 is 2.05 bits per heavy atom. The van der Waals surface area contributed by atoms with Crippen molar-refractivity contribution in [3.8, 4) is 0 Å². The number of methoxy groups -OCH3 is 1. The van der Waals surface area contributed by atoms with Gasteiger partial charge in [-0.25, -0.2) is 0 Å². The molecule has 19 heavy (non-hydrogen) atoms. The summed E-state index contributed by atoms with van der Waals surface area (Å²) in [6.07, 6.45) is 0.300. The van der Waals surface area contributed by atoms with Gasteiger partial charge >= 0.3 is 5.97 Å². The minimum atomic E-state index is -0.822. The molecule has 0 spiro atoms. The van der Waals surface area contributed by atoms with Crippen molar-refractivity contribution in [2.24, 2.45) is 17.8 Å². The average molecular weight is 271 g/mol. The molecule has 5 heteroatoms. The van der Waals surface area contributed by atoms with E-state index in [2.05, 4.69) is 0 Å². The highest BCUT2D eigenvalue weighted by Gasteiger charge is 2.44. The average Bonchev–Trinajstić information content (AvgIpc) is 2.26. The van der Waals surface area contributed by atoms with Crippen LogP contribution < -0.4 is 0 Å². The molecule has 1 N–H and O–H groups in total. The lowest BCUT2D eigenvalue weighted by Crippen LogP contribution is -2.58. The number of nitrogens with zero attached hydrogens (tertiary/aromatic N) is 1. The summed E-state index contributed by atoms with van der Waals surface area (Å²) < 4.78 is 5.20. The molecule has 0 aliphatic carbocycles. The largest absolute Gasteiger partial charge is 0.481 e. The third kappa shape index (κ3) is 3.26. The van der Waals surface area contributed by atoms with Crippen LogP contribution >= 0.6 is 0 Å². The van der Waals surface area contributed by atoms with E-state index in [0.717, 1.165) is 0 Å². The summed E-state index contributed by atoms with van der Waals surface area (Å²) >= 11 is 0. The van der Waals surface area contributed by atoms with Crippen molar-refractivity contribution in [2.75, 3.05) is 13.7 Å². The maximum atomic E-state index is 12.3. The lowest BCUT2D eigenvalue weighted by Gasteiger charge is -2.46. The maximum Gasteiger partial charge on any atom is 0.308 e. The lowest BCUT2D eigenvalue weighted by molar-refractivity contribution is -0.159. The second kappa shape index (κ2) is 6.37. The molecule has 1 fully saturated rings. The van der Waals surface area contributed by atoms with Gasteiger partial charge in [-0.15, -0.1) is 0 Å². The number of ether oxygens (including phenoxy) is 1. The summed E-state index contributed by atoms with van der Waals surface area (Å²) in [4.78, 5) is 25.4. The fraction of sp³-hybridized carbons (Fsp3) is 0.857. The van der Waals surface area contributed by atoms with E-state index >= 15 is 0 Å². The molecule has 5 nitrogen and oxygen atoms in total. The summed E-state index contributed by atoms with van der Waals surface area (Å²) in [6.45, 7) is 8.16. The highest BCUT2D eigenvalue weighted by Crippen LogP contribution is 2.32. The Balaban J connectivity index is 3.02. The number of likely N-dealkylation sites (tertiary alicyclic amines) is 1. The van der Waals surface area contributed by atoms with Crippen molar-refractivity contribution < 1.29 is 19.4 Å². The van der Waals surface area contributed by atoms with Crippen LogP contribution in [0.2, 0.25) is 0 Å². The number of aliphatic carboxylic acids is 1. The number of hydrogen-bond donors (Lipinski definition) is 1. The number of carbonyl (C=O) groups excluding carboxylic acids is 1. The molecule has 1 rings (SSSR count). The highest BCUT2D eigenvalue weighted by atomic mass is 16.5. The predicted octanol–water partition coefficient (Wildman–Crippen LogP) is 1.62. The van der Waals surface area contributed by atoms with Crippen molar-refractivity contribution in [3.05, 3.63) is 0 Å². The van der Waals surface area contributed by atoms with Crippen LogP contribution in [0.15, 0.2) is 0 Å². The normalized spacial score (nSPS) is 29.7. The standard InChI is InChI=1S/C14H25NO4/c1-8(2)11(7-19-5)15-10(4)13(14(17)18)9(3)6-12(15)16/h8-11,13H,6-7H2,1-5H3,(H,17,18). The van der Waals surface area contributed by atoms with Gasteiger partial charge < -0.3 is 14.7 Å². The third-order valence-electron chi connectivity index (χ3n) is 4.11. The molecule has 1 aliphatic heterocycles. The van der Waals surface area contributed by atoms with E-state index in [1.165, 1.54) is 0 Å². The van der Waals surface area contributed by atoms with Gasteiger partial charge in [0.15, 0.2) is 0 Å². The number of hydrogen-bond acceptors (Lipinski definition) is 3. The number of piperidine rings is 1. The van der Waals surface area contributed by atoms with Crippen LogP contribution in [0.1, 0.15) is 34.1 Å². The lowest BCUT2D eigenvalue weighted by atomic mass is 9.79. The summed E-state index contributed by atoms with van der Waals surface area (Å²) in [5.41, 5.74) is 0. The maximum absolute atomic E-state index is 12.3. The van der Waals surface area contributed by atoms with Crippen molar-refractivity contribution in [1.29, 1.82) is 0 Å². The van der Waals surface area contributed by atoms with Gasteiger partial charge in [-0.3, -0.25) is 9.59 Å². The van der Waals surface area contributed by atoms with Crippen LogP contribution in [0.5, 0.6) is 0 Å². The molecule has 0 radical (unpaired) electrons. The Labute approximate surface area is 114 Å². The topological polar surface area (TPSA) is 66.8 Å². The van der Waals surface area contributed by atoms with E-state index in [1.807, 2.05) is 27.7 Å². The Morgan fingerprint density at radius 1 is 1.47 bits per heavy atom. The van der Waals surface area contributed by atoms with Crippen LogP contribution in [-0.2, 0) is 14.3 Å². The summed E-state index contributed by atoms with van der Waals surface area (Å²) in [5.74, 6) is -1.18. The molecule has 0 aromatic carbocycles. The highest BCUT2D eigenvalue weighted by molar-refractivity contribution is 5.82. The van der Waals surface area contributed by atoms with E-state index < -0.39 is 11.9 Å². The molecule has 110 valence electrons. The molecule has 0 aromatic heterocycles. The molecular weight excluding hydrogens is 246 g/mol. The van der Waals surface area contributed by atoms with E-state index in [1.54, 1.807) is 12.0 Å². The summed E-state index contributed by atoms with van der Waals surface area (Å²) in [6, 6.07) is -0.363. The Bertz CT molecular complexity index is 342. The zero-order valence-corrected chi connectivity index (χ0v) is 12.4. The van der Waals surface area contributed by atoms with E-state index in [-0.39, 0.29) is 29.8 Å². The molecule has 1 heterocycles. The van der Waals surface area contributed by atoms with Crippen molar-refractivity contribution in [2.45, 2.75) is 46.2 Å². The minimum absolute atomic E-state index is 0.0354. The molecule has 1 saturated heterocycles. The van der Waals surface area contributed by atoms with Crippen LogP contribution in [0.4, 0.5) is 0 Å². The monoisotopic (exact) mass is 271 g/mol. The first-order valence-corrected chi connectivity index (χ1v) is 6.84. The Hall–Kier alpha value is -1.10. The zero-order chi connectivity index (χ0) is 14.7. The van der Waals surface area contributed by atoms with Gasteiger partial charge in [-0.2, -0.15) is 0 Å². The first-order valence-electron chi connectivity index (χ1n) is 6.84. The first-order chi connectivity index (χ1) is 8.81. The fourth-order valence-corrected chi connectivity index (χ4v) is 3.08. The SMILES string of the molecule is COCC(C(C)C)N1C(=O)CC(C)C(C(=O)O)C1C. The van der Waals surface area contributed by atoms with Gasteiger partial charge in [0.25, 0.3) is 0 Å². The van der Waals surface area contributed by atoms with E-state index in [0.29, 0.717) is 13.0 Å². The fourth-order valence-electron chi connectivity index (χ4n) is 3.08. The molecular formula is C14H25NO4. The smallest absolute Gasteiger partial charge is 0.308 e. The van der Waals surface area contributed by atoms with Gasteiger partial charge in [0.1, 0.15) is 0 Å². The van der Waals surface area contributed by atoms with Crippen molar-refractivity contribution in [1.82, 2.24) is 4.90 Å². The van der Waals surface area contributed by atoms with E-state index in [9.17, 15) is 14.7 Å².